The van der Waals surface area contributed by atoms with E-state index in [-0.39, 0.29) is 0 Å². The van der Waals surface area contributed by atoms with E-state index in [1.807, 2.05) is 0 Å². The first kappa shape index (κ1) is 21.0. The van der Waals surface area contributed by atoms with Crippen molar-refractivity contribution < 1.29 is 32.5 Å². The molecule has 0 aliphatic carbocycles. The average Bonchev–Trinajstić information content (AvgIpc) is 3.17. The van der Waals surface area contributed by atoms with Gasteiger partial charge in [0, 0.05) is 12.1 Å². The number of likely N-dealkylation sites (tertiary alicyclic amines) is 1. The van der Waals surface area contributed by atoms with Crippen molar-refractivity contribution in [1.82, 2.24) is 4.90 Å². The monoisotopic (exact) mass is 409 g/mol. The van der Waals surface area contributed by atoms with Crippen LogP contribution in [-0.2, 0) is 11.0 Å². The predicted molar refractivity (Wildman–Crippen MR) is 100 cm³/mol. The number of halogens is 3. The zero-order valence-corrected chi connectivity index (χ0v) is 16.1. The summed E-state index contributed by atoms with van der Waals surface area (Å²) in [5.74, 6) is -0.206. The summed E-state index contributed by atoms with van der Waals surface area (Å²) in [6, 6.07) is 8.58. The third kappa shape index (κ3) is 4.17. The third-order valence-corrected chi connectivity index (χ3v) is 5.17. The molecule has 156 valence electrons. The van der Waals surface area contributed by atoms with Crippen molar-refractivity contribution in [3.05, 3.63) is 59.2 Å². The number of carbonyl (C=O) groups is 1. The second kappa shape index (κ2) is 8.32. The highest BCUT2D eigenvalue weighted by molar-refractivity contribution is 5.74. The van der Waals surface area contributed by atoms with E-state index < -0.39 is 29.8 Å². The summed E-state index contributed by atoms with van der Waals surface area (Å²) in [5.41, 5.74) is 0.117. The number of carboxylic acid groups (broad SMARTS) is 1. The maximum absolute atomic E-state index is 13.3. The number of hydrogen-bond donors (Lipinski definition) is 1. The van der Waals surface area contributed by atoms with Gasteiger partial charge in [-0.2, -0.15) is 13.2 Å². The second-order valence-electron chi connectivity index (χ2n) is 6.84. The molecule has 2 aromatic carbocycles. The van der Waals surface area contributed by atoms with E-state index in [9.17, 15) is 23.1 Å². The van der Waals surface area contributed by atoms with Gasteiger partial charge in [-0.15, -0.1) is 0 Å². The Hall–Kier alpha value is -2.74. The zero-order valence-electron chi connectivity index (χ0n) is 16.1. The Morgan fingerprint density at radius 1 is 1.17 bits per heavy atom. The van der Waals surface area contributed by atoms with Crippen molar-refractivity contribution in [3.63, 3.8) is 0 Å². The topological polar surface area (TPSA) is 59.0 Å². The van der Waals surface area contributed by atoms with Crippen LogP contribution in [0.1, 0.15) is 35.6 Å². The largest absolute Gasteiger partial charge is 0.493 e. The van der Waals surface area contributed by atoms with Crippen LogP contribution < -0.4 is 9.47 Å². The first-order valence-corrected chi connectivity index (χ1v) is 9.14. The Morgan fingerprint density at radius 2 is 1.90 bits per heavy atom. The molecule has 0 aromatic heterocycles. The molecule has 0 spiro atoms. The Labute approximate surface area is 166 Å². The van der Waals surface area contributed by atoms with Crippen LogP contribution in [0.15, 0.2) is 42.5 Å². The lowest BCUT2D eigenvalue weighted by atomic mass is 9.93. The highest BCUT2D eigenvalue weighted by Gasteiger charge is 2.39. The van der Waals surface area contributed by atoms with Gasteiger partial charge in [0.2, 0.25) is 0 Å². The first-order chi connectivity index (χ1) is 13.8. The lowest BCUT2D eigenvalue weighted by Gasteiger charge is -2.33. The summed E-state index contributed by atoms with van der Waals surface area (Å²) in [4.78, 5) is 13.5. The Bertz CT molecular complexity index is 884. The third-order valence-electron chi connectivity index (χ3n) is 5.17. The minimum absolute atomic E-state index is 0.347. The van der Waals surface area contributed by atoms with Crippen molar-refractivity contribution in [1.29, 1.82) is 0 Å². The molecule has 0 amide bonds. The molecular formula is C21H22F3NO4. The average molecular weight is 409 g/mol. The molecule has 1 N–H and O–H groups in total. The van der Waals surface area contributed by atoms with E-state index in [2.05, 4.69) is 0 Å². The van der Waals surface area contributed by atoms with Gasteiger partial charge in [0.1, 0.15) is 6.04 Å². The Kier molecular flexibility index (Phi) is 6.02. The molecular weight excluding hydrogens is 387 g/mol. The van der Waals surface area contributed by atoms with Crippen LogP contribution in [0, 0.1) is 0 Å². The van der Waals surface area contributed by atoms with Gasteiger partial charge in [0.15, 0.2) is 11.5 Å². The van der Waals surface area contributed by atoms with E-state index >= 15 is 0 Å². The number of hydrogen-bond acceptors (Lipinski definition) is 4. The van der Waals surface area contributed by atoms with Crippen LogP contribution in [0.25, 0.3) is 0 Å². The van der Waals surface area contributed by atoms with Crippen molar-refractivity contribution in [2.75, 3.05) is 20.8 Å². The Balaban J connectivity index is 2.21. The number of aliphatic carboxylic acids is 1. The van der Waals surface area contributed by atoms with Gasteiger partial charge >= 0.3 is 12.1 Å². The molecule has 1 aliphatic rings. The van der Waals surface area contributed by atoms with Gasteiger partial charge in [-0.1, -0.05) is 24.3 Å². The SMILES string of the molecule is COc1cccc(C(c2cccc(C(F)(F)F)c2)N2CCCC2C(=O)O)c1OC. The minimum Gasteiger partial charge on any atom is -0.493 e. The number of nitrogens with zero attached hydrogens (tertiary/aromatic N) is 1. The molecule has 1 aliphatic heterocycles. The molecule has 2 unspecified atom stereocenters. The van der Waals surface area contributed by atoms with Crippen LogP contribution in [0.2, 0.25) is 0 Å². The molecule has 0 radical (unpaired) electrons. The number of methoxy groups -OCH3 is 2. The number of rotatable bonds is 6. The van der Waals surface area contributed by atoms with Gasteiger partial charge in [-0.05, 0) is 36.6 Å². The molecule has 2 atom stereocenters. The molecule has 3 rings (SSSR count). The molecule has 29 heavy (non-hydrogen) atoms. The van der Waals surface area contributed by atoms with Crippen LogP contribution in [0.3, 0.4) is 0 Å². The van der Waals surface area contributed by atoms with E-state index in [1.165, 1.54) is 20.3 Å². The number of carboxylic acids is 1. The highest BCUT2D eigenvalue weighted by atomic mass is 19.4. The molecule has 1 heterocycles. The number of ether oxygens (including phenoxy) is 2. The van der Waals surface area contributed by atoms with Gasteiger partial charge < -0.3 is 14.6 Å². The fourth-order valence-corrected chi connectivity index (χ4v) is 3.93. The smallest absolute Gasteiger partial charge is 0.416 e. The quantitative estimate of drug-likeness (QED) is 0.768. The summed E-state index contributed by atoms with van der Waals surface area (Å²) in [6.45, 7) is 0.443. The molecule has 1 fully saturated rings. The molecule has 0 saturated carbocycles. The van der Waals surface area contributed by atoms with Crippen LogP contribution in [0.5, 0.6) is 11.5 Å². The van der Waals surface area contributed by atoms with E-state index in [4.69, 9.17) is 9.47 Å². The minimum atomic E-state index is -4.50. The Morgan fingerprint density at radius 3 is 2.52 bits per heavy atom. The molecule has 1 saturated heterocycles. The van der Waals surface area contributed by atoms with Crippen molar-refractivity contribution in [2.45, 2.75) is 31.1 Å². The lowest BCUT2D eigenvalue weighted by molar-refractivity contribution is -0.143. The maximum Gasteiger partial charge on any atom is 0.416 e. The molecule has 8 heteroatoms. The normalized spacial score (nSPS) is 18.4. The van der Waals surface area contributed by atoms with Crippen LogP contribution >= 0.6 is 0 Å². The second-order valence-corrected chi connectivity index (χ2v) is 6.84. The van der Waals surface area contributed by atoms with E-state index in [1.54, 1.807) is 29.2 Å². The highest BCUT2D eigenvalue weighted by Crippen LogP contribution is 2.43. The number of benzene rings is 2. The van der Waals surface area contributed by atoms with Crippen LogP contribution in [-0.4, -0.2) is 42.8 Å². The van der Waals surface area contributed by atoms with Gasteiger partial charge in [-0.3, -0.25) is 9.69 Å². The molecule has 0 bridgehead atoms. The van der Waals surface area contributed by atoms with E-state index in [0.29, 0.717) is 42.0 Å². The summed E-state index contributed by atoms with van der Waals surface area (Å²) in [5, 5.41) is 9.66. The lowest BCUT2D eigenvalue weighted by Crippen LogP contribution is -2.39. The van der Waals surface area contributed by atoms with Crippen molar-refractivity contribution >= 4 is 5.97 Å². The van der Waals surface area contributed by atoms with Crippen molar-refractivity contribution in [3.8, 4) is 11.5 Å². The van der Waals surface area contributed by atoms with Crippen LogP contribution in [0.4, 0.5) is 13.2 Å². The van der Waals surface area contributed by atoms with Gasteiger partial charge in [0.05, 0.1) is 25.8 Å². The zero-order chi connectivity index (χ0) is 21.2. The van der Waals surface area contributed by atoms with Gasteiger partial charge in [-0.25, -0.2) is 0 Å². The molecule has 2 aromatic rings. The fraction of sp³-hybridized carbons (Fsp3) is 0.381. The summed E-state index contributed by atoms with van der Waals surface area (Å²) >= 11 is 0. The van der Waals surface area contributed by atoms with Crippen molar-refractivity contribution in [2.24, 2.45) is 0 Å². The maximum atomic E-state index is 13.3. The summed E-state index contributed by atoms with van der Waals surface area (Å²) < 4.78 is 50.8. The standard InChI is InChI=1S/C21H22F3NO4/c1-28-17-10-4-8-15(19(17)29-2)18(25-11-5-9-16(25)20(26)27)13-6-3-7-14(12-13)21(22,23)24/h3-4,6-8,10,12,16,18H,5,9,11H2,1-2H3,(H,26,27). The first-order valence-electron chi connectivity index (χ1n) is 9.14. The number of alkyl halides is 3. The summed E-state index contributed by atoms with van der Waals surface area (Å²) in [6.07, 6.45) is -3.44. The molecule has 5 nitrogen and oxygen atoms in total. The fourth-order valence-electron chi connectivity index (χ4n) is 3.93. The van der Waals surface area contributed by atoms with Gasteiger partial charge in [0.25, 0.3) is 0 Å². The predicted octanol–water partition coefficient (Wildman–Crippen LogP) is 4.36. The number of para-hydroxylation sites is 1. The summed E-state index contributed by atoms with van der Waals surface area (Å²) in [7, 11) is 2.92. The van der Waals surface area contributed by atoms with E-state index in [0.717, 1.165) is 12.1 Å².